The fourth-order valence-electron chi connectivity index (χ4n) is 4.97. The molecule has 3 aromatic rings. The van der Waals surface area contributed by atoms with E-state index >= 15 is 0 Å². The molecule has 4 N–H and O–H groups in total. The maximum atomic E-state index is 11.3. The van der Waals surface area contributed by atoms with Gasteiger partial charge in [-0.15, -0.1) is 0 Å². The lowest BCUT2D eigenvalue weighted by Crippen LogP contribution is -2.53. The van der Waals surface area contributed by atoms with Crippen LogP contribution in [0.3, 0.4) is 0 Å². The lowest BCUT2D eigenvalue weighted by molar-refractivity contribution is -0.0314. The van der Waals surface area contributed by atoms with Crippen LogP contribution in [0.5, 0.6) is 0 Å². The van der Waals surface area contributed by atoms with Gasteiger partial charge in [0.15, 0.2) is 0 Å². The molecule has 1 saturated carbocycles. The van der Waals surface area contributed by atoms with Crippen LogP contribution in [-0.4, -0.2) is 69.3 Å². The van der Waals surface area contributed by atoms with Crippen LogP contribution in [0.4, 0.5) is 5.95 Å². The molecule has 0 spiro atoms. The Morgan fingerprint density at radius 1 is 1.26 bits per heavy atom. The number of piperazine rings is 1. The maximum absolute atomic E-state index is 11.3. The van der Waals surface area contributed by atoms with E-state index in [1.807, 2.05) is 24.4 Å². The van der Waals surface area contributed by atoms with Crippen molar-refractivity contribution in [1.82, 2.24) is 25.2 Å². The first-order chi connectivity index (χ1) is 15.1. The summed E-state index contributed by atoms with van der Waals surface area (Å²) in [5.74, 6) is 0.557. The van der Waals surface area contributed by atoms with Crippen LogP contribution in [0.2, 0.25) is 5.02 Å². The highest BCUT2D eigenvalue weighted by Crippen LogP contribution is 2.34. The lowest BCUT2D eigenvalue weighted by Gasteiger charge is -2.41. The van der Waals surface area contributed by atoms with E-state index in [1.165, 1.54) is 0 Å². The van der Waals surface area contributed by atoms with Gasteiger partial charge in [-0.25, -0.2) is 9.97 Å². The first-order valence-corrected chi connectivity index (χ1v) is 11.5. The van der Waals surface area contributed by atoms with Gasteiger partial charge in [0, 0.05) is 61.4 Å². The highest BCUT2D eigenvalue weighted by Gasteiger charge is 2.36. The quantitative estimate of drug-likeness (QED) is 0.487. The minimum atomic E-state index is -0.667. The van der Waals surface area contributed by atoms with Crippen LogP contribution in [0.1, 0.15) is 25.7 Å². The van der Waals surface area contributed by atoms with Crippen molar-refractivity contribution < 1.29 is 5.11 Å². The molecular formula is C23H29ClN6O. The van der Waals surface area contributed by atoms with E-state index in [0.29, 0.717) is 23.1 Å². The van der Waals surface area contributed by atoms with Crippen molar-refractivity contribution in [2.24, 2.45) is 0 Å². The van der Waals surface area contributed by atoms with Crippen molar-refractivity contribution in [3.63, 3.8) is 0 Å². The fraction of sp³-hybridized carbons (Fsp3) is 0.478. The van der Waals surface area contributed by atoms with Gasteiger partial charge in [-0.05, 0) is 31.7 Å². The molecule has 2 aliphatic rings. The second-order valence-corrected chi connectivity index (χ2v) is 9.23. The number of H-pyrrole nitrogens is 1. The molecule has 0 bridgehead atoms. The van der Waals surface area contributed by atoms with E-state index in [1.54, 1.807) is 6.20 Å². The van der Waals surface area contributed by atoms with E-state index in [-0.39, 0.29) is 6.04 Å². The number of rotatable bonds is 5. The van der Waals surface area contributed by atoms with Crippen LogP contribution in [0, 0.1) is 0 Å². The number of hydrogen-bond acceptors (Lipinski definition) is 6. The molecule has 1 aromatic carbocycles. The molecule has 8 heteroatoms. The maximum Gasteiger partial charge on any atom is 0.223 e. The van der Waals surface area contributed by atoms with Crippen molar-refractivity contribution >= 4 is 28.5 Å². The molecule has 164 valence electrons. The van der Waals surface area contributed by atoms with Crippen LogP contribution in [-0.2, 0) is 0 Å². The predicted molar refractivity (Wildman–Crippen MR) is 124 cm³/mol. The molecule has 2 fully saturated rings. The summed E-state index contributed by atoms with van der Waals surface area (Å²) in [4.78, 5) is 14.8. The normalized spacial score (nSPS) is 25.0. The zero-order chi connectivity index (χ0) is 21.3. The molecule has 1 aliphatic carbocycles. The summed E-state index contributed by atoms with van der Waals surface area (Å²) in [6, 6.07) is 8.24. The Morgan fingerprint density at radius 3 is 2.97 bits per heavy atom. The number of β-amino-alcohol motifs (C(OH)–C–C–N with tert-alkyl or cyclic N) is 1. The Kier molecular flexibility index (Phi) is 5.84. The van der Waals surface area contributed by atoms with E-state index in [4.69, 9.17) is 16.6 Å². The lowest BCUT2D eigenvalue weighted by atomic mass is 9.81. The number of aliphatic hydroxyl groups is 1. The summed E-state index contributed by atoms with van der Waals surface area (Å²) in [5.41, 5.74) is 2.06. The summed E-state index contributed by atoms with van der Waals surface area (Å²) < 4.78 is 0. The number of halogens is 1. The van der Waals surface area contributed by atoms with Crippen LogP contribution in [0.15, 0.2) is 36.7 Å². The third kappa shape index (κ3) is 4.55. The monoisotopic (exact) mass is 440 g/mol. The number of aromatic amines is 1. The smallest absolute Gasteiger partial charge is 0.223 e. The van der Waals surface area contributed by atoms with Crippen molar-refractivity contribution in [1.29, 1.82) is 0 Å². The van der Waals surface area contributed by atoms with Crippen molar-refractivity contribution in [3.05, 3.63) is 41.7 Å². The summed E-state index contributed by atoms with van der Waals surface area (Å²) in [6.45, 7) is 4.71. The van der Waals surface area contributed by atoms with E-state index in [9.17, 15) is 5.11 Å². The number of benzene rings is 1. The Balaban J connectivity index is 1.32. The number of nitrogens with one attached hydrogen (secondary N) is 3. The van der Waals surface area contributed by atoms with E-state index < -0.39 is 5.60 Å². The largest absolute Gasteiger partial charge is 0.388 e. The number of aromatic nitrogens is 3. The second-order valence-electron chi connectivity index (χ2n) is 8.83. The van der Waals surface area contributed by atoms with Gasteiger partial charge < -0.3 is 20.7 Å². The van der Waals surface area contributed by atoms with Crippen molar-refractivity contribution in [3.8, 4) is 11.3 Å². The zero-order valence-corrected chi connectivity index (χ0v) is 18.3. The first kappa shape index (κ1) is 20.7. The first-order valence-electron chi connectivity index (χ1n) is 11.1. The van der Waals surface area contributed by atoms with Gasteiger partial charge in [-0.1, -0.05) is 29.8 Å². The SMILES string of the molecule is OC1(CN2CCNCC2)CCC[C@@H](Nc2ncc(Cl)c(-c3c[nH]c4ccccc34)n2)C1. The molecule has 0 amide bonds. The zero-order valence-electron chi connectivity index (χ0n) is 17.6. The minimum absolute atomic E-state index is 0.138. The summed E-state index contributed by atoms with van der Waals surface area (Å²) in [6.07, 6.45) is 7.13. The number of fused-ring (bicyclic) bond motifs is 1. The van der Waals surface area contributed by atoms with E-state index in [0.717, 1.165) is 68.5 Å². The second kappa shape index (κ2) is 8.74. The van der Waals surface area contributed by atoms with Crippen LogP contribution >= 0.6 is 11.6 Å². The van der Waals surface area contributed by atoms with Gasteiger partial charge in [0.1, 0.15) is 0 Å². The molecule has 2 atom stereocenters. The molecule has 1 aliphatic heterocycles. The number of para-hydroxylation sites is 1. The van der Waals surface area contributed by atoms with Crippen molar-refractivity contribution in [2.75, 3.05) is 38.0 Å². The molecule has 0 radical (unpaired) electrons. The van der Waals surface area contributed by atoms with Gasteiger partial charge in [0.25, 0.3) is 0 Å². The van der Waals surface area contributed by atoms with Gasteiger partial charge in [0.05, 0.1) is 22.5 Å². The van der Waals surface area contributed by atoms with Gasteiger partial charge in [-0.2, -0.15) is 0 Å². The predicted octanol–water partition coefficient (Wildman–Crippen LogP) is 3.27. The number of nitrogens with zero attached hydrogens (tertiary/aromatic N) is 3. The minimum Gasteiger partial charge on any atom is -0.388 e. The number of anilines is 1. The summed E-state index contributed by atoms with van der Waals surface area (Å²) >= 11 is 6.47. The summed E-state index contributed by atoms with van der Waals surface area (Å²) in [7, 11) is 0. The molecule has 5 rings (SSSR count). The van der Waals surface area contributed by atoms with Gasteiger partial charge in [-0.3, -0.25) is 4.90 Å². The highest BCUT2D eigenvalue weighted by atomic mass is 35.5. The topological polar surface area (TPSA) is 89.1 Å². The molecule has 2 aromatic heterocycles. The van der Waals surface area contributed by atoms with Crippen LogP contribution < -0.4 is 10.6 Å². The molecule has 7 nitrogen and oxygen atoms in total. The van der Waals surface area contributed by atoms with Crippen molar-refractivity contribution in [2.45, 2.75) is 37.3 Å². The van der Waals surface area contributed by atoms with Gasteiger partial charge in [0.2, 0.25) is 5.95 Å². The third-order valence-electron chi connectivity index (χ3n) is 6.47. The standard InChI is InChI=1S/C23H29ClN6O/c24-19-14-27-22(29-21(19)18-13-26-20-6-2-1-5-17(18)20)28-16-4-3-7-23(31,12-16)15-30-10-8-25-9-11-30/h1-2,5-6,13-14,16,25-26,31H,3-4,7-12,15H2,(H,27,28,29)/t16-,23?/m1/s1. The van der Waals surface area contributed by atoms with E-state index in [2.05, 4.69) is 31.6 Å². The molecule has 3 heterocycles. The van der Waals surface area contributed by atoms with Crippen LogP contribution in [0.25, 0.3) is 22.2 Å². The molecule has 1 unspecified atom stereocenters. The third-order valence-corrected chi connectivity index (χ3v) is 6.75. The highest BCUT2D eigenvalue weighted by molar-refractivity contribution is 6.33. The summed E-state index contributed by atoms with van der Waals surface area (Å²) in [5, 5.41) is 19.7. The average Bonchev–Trinajstić information content (AvgIpc) is 3.20. The molecule has 1 saturated heterocycles. The van der Waals surface area contributed by atoms with Gasteiger partial charge >= 0.3 is 0 Å². The molecular weight excluding hydrogens is 412 g/mol. The number of hydrogen-bond donors (Lipinski definition) is 4. The molecule has 31 heavy (non-hydrogen) atoms. The Labute approximate surface area is 187 Å². The Morgan fingerprint density at radius 2 is 2.10 bits per heavy atom. The average molecular weight is 441 g/mol. The Hall–Kier alpha value is -2.19. The fourth-order valence-corrected chi connectivity index (χ4v) is 5.16. The Bertz CT molecular complexity index is 1050.